The molecular weight excluding hydrogens is 298 g/mol. The van der Waals surface area contributed by atoms with Crippen molar-refractivity contribution in [1.29, 1.82) is 0 Å². The number of anilines is 1. The minimum absolute atomic E-state index is 0.516. The van der Waals surface area contributed by atoms with E-state index in [1.54, 1.807) is 0 Å². The lowest BCUT2D eigenvalue weighted by atomic mass is 10.2. The summed E-state index contributed by atoms with van der Waals surface area (Å²) in [5.41, 5.74) is 7.36. The molecular formula is C13H12BrNOS. The Bertz CT molecular complexity index is 522. The van der Waals surface area contributed by atoms with E-state index in [0.717, 1.165) is 20.6 Å². The van der Waals surface area contributed by atoms with Gasteiger partial charge in [0.15, 0.2) is 0 Å². The Hall–Kier alpha value is -1.13. The standard InChI is InChI=1S/C13H12BrNOS/c14-11-3-7-13(8-4-11)17(16)9-10-1-5-12(15)6-2-10/h1-8H,9,15H2. The fraction of sp³-hybridized carbons (Fsp3) is 0.0769. The van der Waals surface area contributed by atoms with Crippen molar-refractivity contribution in [2.75, 3.05) is 5.73 Å². The van der Waals surface area contributed by atoms with Crippen LogP contribution in [-0.4, -0.2) is 4.21 Å². The Morgan fingerprint density at radius 3 is 2.18 bits per heavy atom. The summed E-state index contributed by atoms with van der Waals surface area (Å²) in [5.74, 6) is 0.516. The van der Waals surface area contributed by atoms with E-state index in [-0.39, 0.29) is 0 Å². The highest BCUT2D eigenvalue weighted by molar-refractivity contribution is 9.10. The summed E-state index contributed by atoms with van der Waals surface area (Å²) in [6.45, 7) is 0. The molecule has 2 nitrogen and oxygen atoms in total. The monoisotopic (exact) mass is 309 g/mol. The first-order valence-corrected chi connectivity index (χ1v) is 7.25. The average molecular weight is 310 g/mol. The summed E-state index contributed by atoms with van der Waals surface area (Å²) >= 11 is 3.36. The molecule has 1 atom stereocenters. The number of hydrogen-bond acceptors (Lipinski definition) is 2. The summed E-state index contributed by atoms with van der Waals surface area (Å²) in [4.78, 5) is 0.838. The van der Waals surface area contributed by atoms with Crippen LogP contribution in [0.15, 0.2) is 57.9 Å². The molecule has 0 radical (unpaired) electrons. The highest BCUT2D eigenvalue weighted by Crippen LogP contribution is 2.16. The largest absolute Gasteiger partial charge is 0.399 e. The second kappa shape index (κ2) is 5.47. The minimum Gasteiger partial charge on any atom is -0.399 e. The molecule has 1 unspecified atom stereocenters. The number of hydrogen-bond donors (Lipinski definition) is 1. The van der Waals surface area contributed by atoms with Gasteiger partial charge in [-0.2, -0.15) is 0 Å². The van der Waals surface area contributed by atoms with Crippen molar-refractivity contribution >= 4 is 32.4 Å². The van der Waals surface area contributed by atoms with Gasteiger partial charge in [-0.15, -0.1) is 0 Å². The highest BCUT2D eigenvalue weighted by atomic mass is 79.9. The lowest BCUT2D eigenvalue weighted by Gasteiger charge is -2.03. The second-order valence-electron chi connectivity index (χ2n) is 3.69. The summed E-state index contributed by atoms with van der Waals surface area (Å²) in [5, 5.41) is 0. The molecule has 17 heavy (non-hydrogen) atoms. The molecule has 88 valence electrons. The van der Waals surface area contributed by atoms with Crippen LogP contribution in [0.1, 0.15) is 5.56 Å². The van der Waals surface area contributed by atoms with Gasteiger partial charge in [0, 0.05) is 15.1 Å². The van der Waals surface area contributed by atoms with Crippen LogP contribution in [0.5, 0.6) is 0 Å². The molecule has 2 rings (SSSR count). The number of nitrogen functional groups attached to an aromatic ring is 1. The quantitative estimate of drug-likeness (QED) is 0.884. The van der Waals surface area contributed by atoms with E-state index in [0.29, 0.717) is 5.75 Å². The third kappa shape index (κ3) is 3.41. The number of halogens is 1. The van der Waals surface area contributed by atoms with E-state index < -0.39 is 10.8 Å². The van der Waals surface area contributed by atoms with Crippen LogP contribution in [-0.2, 0) is 16.6 Å². The molecule has 0 saturated heterocycles. The normalized spacial score (nSPS) is 12.3. The van der Waals surface area contributed by atoms with Crippen molar-refractivity contribution < 1.29 is 4.21 Å². The molecule has 0 aliphatic rings. The molecule has 0 amide bonds. The van der Waals surface area contributed by atoms with E-state index in [1.807, 2.05) is 48.5 Å². The molecule has 2 aromatic rings. The molecule has 0 aliphatic carbocycles. The van der Waals surface area contributed by atoms with Crippen molar-refractivity contribution in [1.82, 2.24) is 0 Å². The van der Waals surface area contributed by atoms with Crippen molar-refractivity contribution in [3.05, 3.63) is 58.6 Å². The third-order valence-electron chi connectivity index (χ3n) is 2.35. The van der Waals surface area contributed by atoms with Crippen LogP contribution in [0.4, 0.5) is 5.69 Å². The molecule has 0 aromatic heterocycles. The number of rotatable bonds is 3. The smallest absolute Gasteiger partial charge is 0.0574 e. The lowest BCUT2D eigenvalue weighted by Crippen LogP contribution is -1.96. The maximum atomic E-state index is 12.1. The van der Waals surface area contributed by atoms with E-state index in [1.165, 1.54) is 0 Å². The predicted octanol–water partition coefficient (Wildman–Crippen LogP) is 3.34. The van der Waals surface area contributed by atoms with Gasteiger partial charge in [0.05, 0.1) is 16.6 Å². The molecule has 0 saturated carbocycles. The van der Waals surface area contributed by atoms with Gasteiger partial charge in [-0.05, 0) is 42.0 Å². The Morgan fingerprint density at radius 1 is 1.00 bits per heavy atom. The summed E-state index contributed by atoms with van der Waals surface area (Å²) in [7, 11) is -1.01. The number of nitrogens with two attached hydrogens (primary N) is 1. The zero-order chi connectivity index (χ0) is 12.3. The Labute approximate surface area is 111 Å². The molecule has 0 aliphatic heterocycles. The minimum atomic E-state index is -1.01. The van der Waals surface area contributed by atoms with E-state index >= 15 is 0 Å². The molecule has 4 heteroatoms. The van der Waals surface area contributed by atoms with E-state index in [4.69, 9.17) is 5.73 Å². The van der Waals surface area contributed by atoms with Crippen LogP contribution >= 0.6 is 15.9 Å². The average Bonchev–Trinajstić information content (AvgIpc) is 2.33. The first-order valence-electron chi connectivity index (χ1n) is 5.13. The maximum Gasteiger partial charge on any atom is 0.0574 e. The Balaban J connectivity index is 2.11. The molecule has 0 bridgehead atoms. The molecule has 2 aromatic carbocycles. The van der Waals surface area contributed by atoms with Crippen molar-refractivity contribution in [2.45, 2.75) is 10.6 Å². The van der Waals surface area contributed by atoms with E-state index in [2.05, 4.69) is 15.9 Å². The van der Waals surface area contributed by atoms with Crippen LogP contribution in [0, 0.1) is 0 Å². The fourth-order valence-corrected chi connectivity index (χ4v) is 2.80. The third-order valence-corrected chi connectivity index (χ3v) is 4.28. The van der Waals surface area contributed by atoms with Gasteiger partial charge in [-0.25, -0.2) is 0 Å². The molecule has 2 N–H and O–H groups in total. The predicted molar refractivity (Wildman–Crippen MR) is 75.1 cm³/mol. The molecule has 0 heterocycles. The molecule has 0 spiro atoms. The Kier molecular flexibility index (Phi) is 3.97. The van der Waals surface area contributed by atoms with Crippen molar-refractivity contribution in [2.24, 2.45) is 0 Å². The SMILES string of the molecule is Nc1ccc(CS(=O)c2ccc(Br)cc2)cc1. The van der Waals surface area contributed by atoms with Gasteiger partial charge < -0.3 is 5.73 Å². The first-order chi connectivity index (χ1) is 8.15. The van der Waals surface area contributed by atoms with Gasteiger partial charge in [0.25, 0.3) is 0 Å². The van der Waals surface area contributed by atoms with E-state index in [9.17, 15) is 4.21 Å². The van der Waals surface area contributed by atoms with Gasteiger partial charge in [0.2, 0.25) is 0 Å². The van der Waals surface area contributed by atoms with Crippen LogP contribution in [0.25, 0.3) is 0 Å². The zero-order valence-electron chi connectivity index (χ0n) is 9.10. The van der Waals surface area contributed by atoms with Gasteiger partial charge in [-0.3, -0.25) is 4.21 Å². The van der Waals surface area contributed by atoms with Crippen molar-refractivity contribution in [3.63, 3.8) is 0 Å². The number of benzene rings is 2. The summed E-state index contributed by atoms with van der Waals surface area (Å²) in [6.07, 6.45) is 0. The van der Waals surface area contributed by atoms with Gasteiger partial charge in [0.1, 0.15) is 0 Å². The second-order valence-corrected chi connectivity index (χ2v) is 6.05. The highest BCUT2D eigenvalue weighted by Gasteiger charge is 2.04. The summed E-state index contributed by atoms with van der Waals surface area (Å²) < 4.78 is 13.1. The lowest BCUT2D eigenvalue weighted by molar-refractivity contribution is 0.682. The van der Waals surface area contributed by atoms with Gasteiger partial charge >= 0.3 is 0 Å². The topological polar surface area (TPSA) is 43.1 Å². The zero-order valence-corrected chi connectivity index (χ0v) is 11.5. The summed E-state index contributed by atoms with van der Waals surface area (Å²) in [6, 6.07) is 15.0. The van der Waals surface area contributed by atoms with Crippen LogP contribution in [0.2, 0.25) is 0 Å². The molecule has 0 fully saturated rings. The van der Waals surface area contributed by atoms with Crippen molar-refractivity contribution in [3.8, 4) is 0 Å². The fourth-order valence-electron chi connectivity index (χ4n) is 1.43. The van der Waals surface area contributed by atoms with Crippen LogP contribution in [0.3, 0.4) is 0 Å². The van der Waals surface area contributed by atoms with Crippen LogP contribution < -0.4 is 5.73 Å². The first kappa shape index (κ1) is 12.3. The Morgan fingerprint density at radius 2 is 1.59 bits per heavy atom. The van der Waals surface area contributed by atoms with Gasteiger partial charge in [-0.1, -0.05) is 28.1 Å². The maximum absolute atomic E-state index is 12.1.